The topological polar surface area (TPSA) is 86.6 Å². The molecule has 0 aliphatic carbocycles. The molecule has 0 radical (unpaired) electrons. The van der Waals surface area contributed by atoms with Gasteiger partial charge >= 0.3 is 5.97 Å². The van der Waals surface area contributed by atoms with E-state index in [0.29, 0.717) is 0 Å². The number of halogens is 1. The second-order valence-corrected chi connectivity index (χ2v) is 3.41. The second-order valence-electron chi connectivity index (χ2n) is 3.41. The van der Waals surface area contributed by atoms with Gasteiger partial charge in [-0.3, -0.25) is 4.79 Å². The fraction of sp³-hybridized carbons (Fsp3) is 0.273. The third-order valence-electron chi connectivity index (χ3n) is 2.08. The Kier molecular flexibility index (Phi) is 4.59. The van der Waals surface area contributed by atoms with E-state index in [1.807, 2.05) is 0 Å². The van der Waals surface area contributed by atoms with Crippen molar-refractivity contribution in [3.05, 3.63) is 35.6 Å². The van der Waals surface area contributed by atoms with Gasteiger partial charge in [-0.15, -0.1) is 0 Å². The van der Waals surface area contributed by atoms with Crippen LogP contribution in [0, 0.1) is 5.82 Å². The standard InChI is InChI=1S/C11H12FNO4/c12-8-3-1-2-7(6-8)10(15)13-5-4-9(14)11(16)17/h1-3,6,9,14H,4-5H2,(H,13,15)(H,16,17)/t9-/m0/s1. The number of rotatable bonds is 5. The van der Waals surface area contributed by atoms with Gasteiger partial charge in [0.1, 0.15) is 5.82 Å². The van der Waals surface area contributed by atoms with Crippen LogP contribution in [-0.2, 0) is 4.79 Å². The fourth-order valence-corrected chi connectivity index (χ4v) is 1.18. The smallest absolute Gasteiger partial charge is 0.332 e. The zero-order valence-electron chi connectivity index (χ0n) is 8.89. The number of aliphatic hydroxyl groups is 1. The van der Waals surface area contributed by atoms with Crippen molar-refractivity contribution in [3.8, 4) is 0 Å². The molecule has 0 saturated carbocycles. The summed E-state index contributed by atoms with van der Waals surface area (Å²) in [5.74, 6) is -2.38. The molecule has 6 heteroatoms. The number of nitrogens with one attached hydrogen (secondary N) is 1. The number of carbonyl (C=O) groups is 2. The number of carbonyl (C=O) groups excluding carboxylic acids is 1. The van der Waals surface area contributed by atoms with Crippen molar-refractivity contribution in [3.63, 3.8) is 0 Å². The summed E-state index contributed by atoms with van der Waals surface area (Å²) in [5, 5.41) is 19.7. The minimum Gasteiger partial charge on any atom is -0.479 e. The molecule has 0 aliphatic rings. The van der Waals surface area contributed by atoms with Crippen LogP contribution in [0.3, 0.4) is 0 Å². The average molecular weight is 241 g/mol. The number of hydrogen-bond acceptors (Lipinski definition) is 3. The van der Waals surface area contributed by atoms with Gasteiger partial charge in [-0.1, -0.05) is 6.07 Å². The van der Waals surface area contributed by atoms with Crippen molar-refractivity contribution in [2.75, 3.05) is 6.54 Å². The lowest BCUT2D eigenvalue weighted by Crippen LogP contribution is -2.30. The molecule has 0 heterocycles. The zero-order valence-corrected chi connectivity index (χ0v) is 8.89. The van der Waals surface area contributed by atoms with Gasteiger partial charge in [0.15, 0.2) is 6.10 Å². The van der Waals surface area contributed by atoms with Crippen LogP contribution in [0.15, 0.2) is 24.3 Å². The van der Waals surface area contributed by atoms with Crippen molar-refractivity contribution in [2.24, 2.45) is 0 Å². The number of carboxylic acid groups (broad SMARTS) is 1. The van der Waals surface area contributed by atoms with Crippen LogP contribution < -0.4 is 5.32 Å². The summed E-state index contributed by atoms with van der Waals surface area (Å²) in [7, 11) is 0. The summed E-state index contributed by atoms with van der Waals surface area (Å²) < 4.78 is 12.8. The Hall–Kier alpha value is -1.95. The predicted octanol–water partition coefficient (Wildman–Crippen LogP) is 0.391. The maximum absolute atomic E-state index is 12.8. The van der Waals surface area contributed by atoms with Crippen molar-refractivity contribution < 1.29 is 24.2 Å². The molecule has 0 unspecified atom stereocenters. The van der Waals surface area contributed by atoms with E-state index >= 15 is 0 Å². The maximum atomic E-state index is 12.8. The Morgan fingerprint density at radius 1 is 1.41 bits per heavy atom. The molecule has 0 aliphatic heterocycles. The Labute approximate surface area is 96.9 Å². The third-order valence-corrected chi connectivity index (χ3v) is 2.08. The lowest BCUT2D eigenvalue weighted by Gasteiger charge is -2.07. The van der Waals surface area contributed by atoms with Gasteiger partial charge in [0.2, 0.25) is 0 Å². The molecule has 1 aromatic rings. The quantitative estimate of drug-likeness (QED) is 0.696. The zero-order chi connectivity index (χ0) is 12.8. The average Bonchev–Trinajstić information content (AvgIpc) is 2.28. The van der Waals surface area contributed by atoms with Gasteiger partial charge in [0.05, 0.1) is 0 Å². The summed E-state index contributed by atoms with van der Waals surface area (Å²) in [6.07, 6.45) is -1.61. The third kappa shape index (κ3) is 4.20. The molecule has 92 valence electrons. The first-order valence-electron chi connectivity index (χ1n) is 4.95. The lowest BCUT2D eigenvalue weighted by molar-refractivity contribution is -0.146. The summed E-state index contributed by atoms with van der Waals surface area (Å²) in [6.45, 7) is 0.00279. The molecule has 1 atom stereocenters. The first kappa shape index (κ1) is 13.1. The molecule has 3 N–H and O–H groups in total. The largest absolute Gasteiger partial charge is 0.479 e. The summed E-state index contributed by atoms with van der Waals surface area (Å²) in [4.78, 5) is 21.7. The van der Waals surface area contributed by atoms with Crippen LogP contribution in [0.5, 0.6) is 0 Å². The minimum absolute atomic E-state index is 0.00279. The van der Waals surface area contributed by atoms with Crippen molar-refractivity contribution >= 4 is 11.9 Å². The van der Waals surface area contributed by atoms with Crippen molar-refractivity contribution in [2.45, 2.75) is 12.5 Å². The number of aliphatic carboxylic acids is 1. The monoisotopic (exact) mass is 241 g/mol. The van der Waals surface area contributed by atoms with Crippen molar-refractivity contribution in [1.82, 2.24) is 5.32 Å². The van der Waals surface area contributed by atoms with Crippen LogP contribution in [0.1, 0.15) is 16.8 Å². The normalized spacial score (nSPS) is 11.9. The molecule has 0 fully saturated rings. The number of benzene rings is 1. The maximum Gasteiger partial charge on any atom is 0.332 e. The first-order chi connectivity index (χ1) is 8.00. The van der Waals surface area contributed by atoms with E-state index in [9.17, 15) is 14.0 Å². The number of hydrogen-bond donors (Lipinski definition) is 3. The summed E-state index contributed by atoms with van der Waals surface area (Å²) in [5.41, 5.74) is 0.148. The van der Waals surface area contributed by atoms with Crippen LogP contribution >= 0.6 is 0 Å². The molecule has 17 heavy (non-hydrogen) atoms. The molecule has 1 rings (SSSR count). The van der Waals surface area contributed by atoms with E-state index in [-0.39, 0.29) is 18.5 Å². The highest BCUT2D eigenvalue weighted by molar-refractivity contribution is 5.94. The molecular formula is C11H12FNO4. The van der Waals surface area contributed by atoms with E-state index in [1.165, 1.54) is 18.2 Å². The predicted molar refractivity (Wildman–Crippen MR) is 57.0 cm³/mol. The van der Waals surface area contributed by atoms with Gasteiger partial charge in [-0.05, 0) is 18.2 Å². The Morgan fingerprint density at radius 3 is 2.71 bits per heavy atom. The van der Waals surface area contributed by atoms with Crippen LogP contribution in [-0.4, -0.2) is 34.7 Å². The van der Waals surface area contributed by atoms with E-state index in [0.717, 1.165) is 6.07 Å². The molecule has 5 nitrogen and oxygen atoms in total. The van der Waals surface area contributed by atoms with Gasteiger partial charge < -0.3 is 15.5 Å². The highest BCUT2D eigenvalue weighted by Gasteiger charge is 2.13. The fourth-order valence-electron chi connectivity index (χ4n) is 1.18. The van der Waals surface area contributed by atoms with Crippen molar-refractivity contribution in [1.29, 1.82) is 0 Å². The van der Waals surface area contributed by atoms with Gasteiger partial charge in [-0.2, -0.15) is 0 Å². The van der Waals surface area contributed by atoms with Crippen LogP contribution in [0.25, 0.3) is 0 Å². The van der Waals surface area contributed by atoms with Gasteiger partial charge in [-0.25, -0.2) is 9.18 Å². The summed E-state index contributed by atoms with van der Waals surface area (Å²) in [6, 6.07) is 5.12. The van der Waals surface area contributed by atoms with E-state index in [2.05, 4.69) is 5.32 Å². The van der Waals surface area contributed by atoms with E-state index < -0.39 is 23.8 Å². The molecule has 0 saturated heterocycles. The van der Waals surface area contributed by atoms with Gasteiger partial charge in [0.25, 0.3) is 5.91 Å². The Balaban J connectivity index is 2.43. The van der Waals surface area contributed by atoms with Gasteiger partial charge in [0, 0.05) is 18.5 Å². The van der Waals surface area contributed by atoms with Crippen LogP contribution in [0.4, 0.5) is 4.39 Å². The molecule has 0 aromatic heterocycles. The summed E-state index contributed by atoms with van der Waals surface area (Å²) >= 11 is 0. The Morgan fingerprint density at radius 2 is 2.12 bits per heavy atom. The second kappa shape index (κ2) is 5.95. The highest BCUT2D eigenvalue weighted by Crippen LogP contribution is 2.03. The minimum atomic E-state index is -1.51. The molecular weight excluding hydrogens is 229 g/mol. The Bertz CT molecular complexity index is 422. The van der Waals surface area contributed by atoms with Crippen LogP contribution in [0.2, 0.25) is 0 Å². The SMILES string of the molecule is O=C(NCC[C@H](O)C(=O)O)c1cccc(F)c1. The number of amides is 1. The molecule has 1 aromatic carbocycles. The lowest BCUT2D eigenvalue weighted by atomic mass is 10.2. The van der Waals surface area contributed by atoms with E-state index in [4.69, 9.17) is 10.2 Å². The highest BCUT2D eigenvalue weighted by atomic mass is 19.1. The number of carboxylic acids is 1. The first-order valence-corrected chi connectivity index (χ1v) is 4.95. The molecule has 0 bridgehead atoms. The molecule has 1 amide bonds. The molecule has 0 spiro atoms. The van der Waals surface area contributed by atoms with E-state index in [1.54, 1.807) is 0 Å². The number of aliphatic hydroxyl groups excluding tert-OH is 1.